The highest BCUT2D eigenvalue weighted by atomic mass is 16.5. The number of hydrogen-bond donors (Lipinski definition) is 3. The average molecular weight is 291 g/mol. The van der Waals surface area contributed by atoms with Crippen LogP contribution in [0.1, 0.15) is 37.0 Å². The zero-order valence-corrected chi connectivity index (χ0v) is 12.3. The number of nitrogens with one attached hydrogen (secondary N) is 2. The van der Waals surface area contributed by atoms with Crippen LogP contribution in [-0.4, -0.2) is 30.6 Å². The van der Waals surface area contributed by atoms with Crippen LogP contribution >= 0.6 is 0 Å². The molecule has 114 valence electrons. The molecule has 1 fully saturated rings. The standard InChI is InChI=1S/C15H21N3O3/c1-3-21-15(20)12-8-10(16)4-7-13(12)17-9(2)14(19)18-11-5-6-11/h4,7-9,11,17H,3,5-6,16H2,1-2H3,(H,18,19). The van der Waals surface area contributed by atoms with Crippen LogP contribution in [0.4, 0.5) is 11.4 Å². The van der Waals surface area contributed by atoms with Crippen molar-refractivity contribution >= 4 is 23.3 Å². The fourth-order valence-corrected chi connectivity index (χ4v) is 1.92. The van der Waals surface area contributed by atoms with Crippen LogP contribution in [0, 0.1) is 0 Å². The Labute approximate surface area is 124 Å². The average Bonchev–Trinajstić information content (AvgIpc) is 3.24. The lowest BCUT2D eigenvalue weighted by Crippen LogP contribution is -2.39. The molecule has 2 rings (SSSR count). The second-order valence-corrected chi connectivity index (χ2v) is 5.17. The Kier molecular flexibility index (Phi) is 4.67. The number of esters is 1. The molecular formula is C15H21N3O3. The number of rotatable bonds is 6. The third-order valence-corrected chi connectivity index (χ3v) is 3.23. The SMILES string of the molecule is CCOC(=O)c1cc(N)ccc1NC(C)C(=O)NC1CC1. The minimum Gasteiger partial charge on any atom is -0.462 e. The second-order valence-electron chi connectivity index (χ2n) is 5.17. The normalized spacial score (nSPS) is 15.1. The van der Waals surface area contributed by atoms with Gasteiger partial charge in [0.15, 0.2) is 0 Å². The van der Waals surface area contributed by atoms with Crippen molar-refractivity contribution in [1.82, 2.24) is 5.32 Å². The smallest absolute Gasteiger partial charge is 0.340 e. The molecule has 1 unspecified atom stereocenters. The van der Waals surface area contributed by atoms with E-state index in [2.05, 4.69) is 10.6 Å². The molecule has 1 aromatic carbocycles. The number of hydrogen-bond acceptors (Lipinski definition) is 5. The molecule has 1 aliphatic carbocycles. The quantitative estimate of drug-likeness (QED) is 0.546. The summed E-state index contributed by atoms with van der Waals surface area (Å²) in [6.07, 6.45) is 2.07. The van der Waals surface area contributed by atoms with Gasteiger partial charge in [0.25, 0.3) is 0 Å². The van der Waals surface area contributed by atoms with E-state index in [4.69, 9.17) is 10.5 Å². The topological polar surface area (TPSA) is 93.4 Å². The molecule has 1 aromatic rings. The van der Waals surface area contributed by atoms with Gasteiger partial charge in [0.1, 0.15) is 6.04 Å². The molecule has 0 spiro atoms. The first-order valence-corrected chi connectivity index (χ1v) is 7.14. The lowest BCUT2D eigenvalue weighted by molar-refractivity contribution is -0.121. The fourth-order valence-electron chi connectivity index (χ4n) is 1.92. The maximum atomic E-state index is 12.0. The van der Waals surface area contributed by atoms with Crippen molar-refractivity contribution in [2.45, 2.75) is 38.8 Å². The first-order chi connectivity index (χ1) is 10.0. The van der Waals surface area contributed by atoms with Crippen LogP contribution in [0.25, 0.3) is 0 Å². The van der Waals surface area contributed by atoms with E-state index in [1.807, 2.05) is 0 Å². The summed E-state index contributed by atoms with van der Waals surface area (Å²) in [7, 11) is 0. The van der Waals surface area contributed by atoms with Crippen LogP contribution < -0.4 is 16.4 Å². The van der Waals surface area contributed by atoms with E-state index in [0.717, 1.165) is 12.8 Å². The van der Waals surface area contributed by atoms with E-state index in [1.54, 1.807) is 32.0 Å². The largest absolute Gasteiger partial charge is 0.462 e. The van der Waals surface area contributed by atoms with Gasteiger partial charge in [-0.25, -0.2) is 4.79 Å². The molecule has 0 saturated heterocycles. The Morgan fingerprint density at radius 1 is 1.43 bits per heavy atom. The highest BCUT2D eigenvalue weighted by molar-refractivity contribution is 5.97. The molecule has 1 amide bonds. The first kappa shape index (κ1) is 15.2. The third-order valence-electron chi connectivity index (χ3n) is 3.23. The predicted molar refractivity (Wildman–Crippen MR) is 81.1 cm³/mol. The van der Waals surface area contributed by atoms with Crippen molar-refractivity contribution in [2.75, 3.05) is 17.7 Å². The van der Waals surface area contributed by atoms with E-state index in [1.165, 1.54) is 0 Å². The van der Waals surface area contributed by atoms with Gasteiger partial charge in [-0.3, -0.25) is 4.79 Å². The van der Waals surface area contributed by atoms with Crippen LogP contribution in [0.3, 0.4) is 0 Å². The van der Waals surface area contributed by atoms with Gasteiger partial charge in [0.05, 0.1) is 12.2 Å². The van der Waals surface area contributed by atoms with Crippen LogP contribution in [-0.2, 0) is 9.53 Å². The summed E-state index contributed by atoms with van der Waals surface area (Å²) >= 11 is 0. The van der Waals surface area contributed by atoms with Crippen molar-refractivity contribution in [3.05, 3.63) is 23.8 Å². The molecular weight excluding hydrogens is 270 g/mol. The number of carbonyl (C=O) groups is 2. The van der Waals surface area contributed by atoms with Gasteiger partial charge in [0, 0.05) is 17.4 Å². The first-order valence-electron chi connectivity index (χ1n) is 7.14. The van der Waals surface area contributed by atoms with Gasteiger partial charge in [-0.05, 0) is 44.9 Å². The molecule has 4 N–H and O–H groups in total. The minimum absolute atomic E-state index is 0.0795. The Morgan fingerprint density at radius 3 is 2.76 bits per heavy atom. The number of anilines is 2. The van der Waals surface area contributed by atoms with Crippen molar-refractivity contribution in [3.63, 3.8) is 0 Å². The molecule has 0 radical (unpaired) electrons. The lowest BCUT2D eigenvalue weighted by Gasteiger charge is -2.17. The Bertz CT molecular complexity index is 541. The van der Waals surface area contributed by atoms with Gasteiger partial charge in [0.2, 0.25) is 5.91 Å². The summed E-state index contributed by atoms with van der Waals surface area (Å²) in [6.45, 7) is 3.77. The van der Waals surface area contributed by atoms with Crippen LogP contribution in [0.15, 0.2) is 18.2 Å². The molecule has 0 aromatic heterocycles. The molecule has 0 heterocycles. The van der Waals surface area contributed by atoms with Crippen molar-refractivity contribution < 1.29 is 14.3 Å². The van der Waals surface area contributed by atoms with Crippen LogP contribution in [0.5, 0.6) is 0 Å². The summed E-state index contributed by atoms with van der Waals surface area (Å²) in [6, 6.07) is 4.77. The Morgan fingerprint density at radius 2 is 2.14 bits per heavy atom. The van der Waals surface area contributed by atoms with Gasteiger partial charge in [-0.2, -0.15) is 0 Å². The van der Waals surface area contributed by atoms with Gasteiger partial charge < -0.3 is 21.1 Å². The number of nitrogen functional groups attached to an aromatic ring is 1. The summed E-state index contributed by atoms with van der Waals surface area (Å²) in [5, 5.41) is 5.96. The van der Waals surface area contributed by atoms with E-state index >= 15 is 0 Å². The number of amides is 1. The van der Waals surface area contributed by atoms with Gasteiger partial charge >= 0.3 is 5.97 Å². The van der Waals surface area contributed by atoms with Gasteiger partial charge in [-0.1, -0.05) is 0 Å². The molecule has 6 heteroatoms. The summed E-state index contributed by atoms with van der Waals surface area (Å²) in [5.41, 5.74) is 7.06. The summed E-state index contributed by atoms with van der Waals surface area (Å²) < 4.78 is 5.01. The monoisotopic (exact) mass is 291 g/mol. The van der Waals surface area contributed by atoms with E-state index in [9.17, 15) is 9.59 Å². The molecule has 0 bridgehead atoms. The van der Waals surface area contributed by atoms with Gasteiger partial charge in [-0.15, -0.1) is 0 Å². The number of nitrogens with two attached hydrogens (primary N) is 1. The number of benzene rings is 1. The molecule has 1 aliphatic rings. The second kappa shape index (κ2) is 6.47. The van der Waals surface area contributed by atoms with Crippen molar-refractivity contribution in [1.29, 1.82) is 0 Å². The summed E-state index contributed by atoms with van der Waals surface area (Å²) in [4.78, 5) is 23.9. The van der Waals surface area contributed by atoms with E-state index < -0.39 is 12.0 Å². The van der Waals surface area contributed by atoms with Crippen LogP contribution in [0.2, 0.25) is 0 Å². The number of carbonyl (C=O) groups excluding carboxylic acids is 2. The zero-order valence-electron chi connectivity index (χ0n) is 12.3. The molecule has 1 saturated carbocycles. The zero-order chi connectivity index (χ0) is 15.4. The molecule has 21 heavy (non-hydrogen) atoms. The minimum atomic E-state index is -0.456. The maximum Gasteiger partial charge on any atom is 0.340 e. The fraction of sp³-hybridized carbons (Fsp3) is 0.467. The van der Waals surface area contributed by atoms with Crippen molar-refractivity contribution in [3.8, 4) is 0 Å². The molecule has 0 aliphatic heterocycles. The molecule has 1 atom stereocenters. The number of ether oxygens (including phenoxy) is 1. The van der Waals surface area contributed by atoms with E-state index in [-0.39, 0.29) is 12.5 Å². The maximum absolute atomic E-state index is 12.0. The van der Waals surface area contributed by atoms with Crippen molar-refractivity contribution in [2.24, 2.45) is 0 Å². The highest BCUT2D eigenvalue weighted by Gasteiger charge is 2.26. The molecule has 6 nitrogen and oxygen atoms in total. The third kappa shape index (κ3) is 4.11. The Balaban J connectivity index is 2.10. The lowest BCUT2D eigenvalue weighted by atomic mass is 10.1. The Hall–Kier alpha value is -2.24. The summed E-state index contributed by atoms with van der Waals surface area (Å²) in [5.74, 6) is -0.536. The highest BCUT2D eigenvalue weighted by Crippen LogP contribution is 2.22. The predicted octanol–water partition coefficient (Wildman–Crippen LogP) is 1.52. The van der Waals surface area contributed by atoms with E-state index in [0.29, 0.717) is 23.0 Å².